The van der Waals surface area contributed by atoms with Crippen molar-refractivity contribution in [3.63, 3.8) is 0 Å². The molecule has 0 aliphatic carbocycles. The fourth-order valence-electron chi connectivity index (χ4n) is 1.87. The van der Waals surface area contributed by atoms with Crippen molar-refractivity contribution in [2.45, 2.75) is 26.1 Å². The third-order valence-electron chi connectivity index (χ3n) is 3.06. The van der Waals surface area contributed by atoms with Crippen LogP contribution in [0, 0.1) is 0 Å². The summed E-state index contributed by atoms with van der Waals surface area (Å²) >= 11 is 0. The lowest BCUT2D eigenvalue weighted by atomic mass is 10.1. The van der Waals surface area contributed by atoms with Gasteiger partial charge in [-0.05, 0) is 43.7 Å². The molecule has 2 aromatic rings. The van der Waals surface area contributed by atoms with Gasteiger partial charge in [-0.15, -0.1) is 0 Å². The lowest BCUT2D eigenvalue weighted by molar-refractivity contribution is -0.122. The molecule has 0 radical (unpaired) electrons. The van der Waals surface area contributed by atoms with E-state index in [4.69, 9.17) is 4.74 Å². The summed E-state index contributed by atoms with van der Waals surface area (Å²) in [6, 6.07) is 16.3. The van der Waals surface area contributed by atoms with Gasteiger partial charge in [0.15, 0.2) is 6.10 Å². The lowest BCUT2D eigenvalue weighted by Gasteiger charge is -2.16. The van der Waals surface area contributed by atoms with Crippen LogP contribution in [0.15, 0.2) is 54.6 Å². The number of aliphatic hydroxyl groups excluding tert-OH is 1. The fourth-order valence-corrected chi connectivity index (χ4v) is 1.87. The minimum absolute atomic E-state index is 0.219. The van der Waals surface area contributed by atoms with Crippen molar-refractivity contribution in [1.29, 1.82) is 0 Å². The topological polar surface area (TPSA) is 58.6 Å². The Morgan fingerprint density at radius 3 is 2.48 bits per heavy atom. The van der Waals surface area contributed by atoms with Gasteiger partial charge >= 0.3 is 0 Å². The molecule has 21 heavy (non-hydrogen) atoms. The minimum atomic E-state index is -0.630. The number of aliphatic hydroxyl groups is 1. The number of benzene rings is 2. The molecule has 1 unspecified atom stereocenters. The number of carbonyl (C=O) groups excluding carboxylic acids is 1. The van der Waals surface area contributed by atoms with E-state index in [1.54, 1.807) is 32.0 Å². The van der Waals surface area contributed by atoms with Crippen LogP contribution in [0.4, 0.5) is 5.69 Å². The molecule has 0 spiro atoms. The molecule has 0 heterocycles. The summed E-state index contributed by atoms with van der Waals surface area (Å²) in [5, 5.41) is 12.3. The molecule has 4 heteroatoms. The monoisotopic (exact) mass is 285 g/mol. The Hall–Kier alpha value is -2.33. The van der Waals surface area contributed by atoms with Crippen LogP contribution < -0.4 is 10.1 Å². The number of nitrogens with one attached hydrogen (secondary N) is 1. The van der Waals surface area contributed by atoms with Crippen molar-refractivity contribution in [2.24, 2.45) is 0 Å². The van der Waals surface area contributed by atoms with Gasteiger partial charge in [-0.2, -0.15) is 0 Å². The number of rotatable bonds is 5. The zero-order chi connectivity index (χ0) is 15.2. The molecule has 1 amide bonds. The van der Waals surface area contributed by atoms with E-state index in [2.05, 4.69) is 5.32 Å². The van der Waals surface area contributed by atoms with Gasteiger partial charge in [0, 0.05) is 5.69 Å². The molecule has 110 valence electrons. The highest BCUT2D eigenvalue weighted by Gasteiger charge is 2.15. The first kappa shape index (κ1) is 15.1. The van der Waals surface area contributed by atoms with Gasteiger partial charge in [-0.3, -0.25) is 4.79 Å². The average Bonchev–Trinajstić information content (AvgIpc) is 2.48. The standard InChI is InChI=1S/C17H19NO3/c1-12(19)14-7-6-10-16(11-14)21-13(2)17(20)18-15-8-4-3-5-9-15/h3-13,19H,1-2H3,(H,18,20)/t12-,13?/m1/s1. The van der Waals surface area contributed by atoms with E-state index < -0.39 is 12.2 Å². The number of hydrogen-bond acceptors (Lipinski definition) is 3. The molecule has 4 nitrogen and oxygen atoms in total. The summed E-state index contributed by atoms with van der Waals surface area (Å²) < 4.78 is 5.62. The van der Waals surface area contributed by atoms with E-state index in [0.717, 1.165) is 11.3 Å². The highest BCUT2D eigenvalue weighted by atomic mass is 16.5. The van der Waals surface area contributed by atoms with Gasteiger partial charge in [0.25, 0.3) is 5.91 Å². The van der Waals surface area contributed by atoms with Crippen LogP contribution in [0.5, 0.6) is 5.75 Å². The van der Waals surface area contributed by atoms with Gasteiger partial charge in [0.2, 0.25) is 0 Å². The summed E-state index contributed by atoms with van der Waals surface area (Å²) in [6.07, 6.45) is -1.20. The number of carbonyl (C=O) groups is 1. The predicted molar refractivity (Wildman–Crippen MR) is 82.2 cm³/mol. The first-order chi connectivity index (χ1) is 10.1. The highest BCUT2D eigenvalue weighted by Crippen LogP contribution is 2.20. The molecule has 0 aliphatic rings. The van der Waals surface area contributed by atoms with Gasteiger partial charge in [-0.25, -0.2) is 0 Å². The first-order valence-corrected chi connectivity index (χ1v) is 6.87. The van der Waals surface area contributed by atoms with Crippen LogP contribution in [0.1, 0.15) is 25.5 Å². The molecule has 2 atom stereocenters. The van der Waals surface area contributed by atoms with Crippen LogP contribution >= 0.6 is 0 Å². The van der Waals surface area contributed by atoms with E-state index in [1.807, 2.05) is 36.4 Å². The Bertz CT molecular complexity index is 596. The normalized spacial score (nSPS) is 13.3. The summed E-state index contributed by atoms with van der Waals surface area (Å²) in [5.41, 5.74) is 1.49. The van der Waals surface area contributed by atoms with Crippen LogP contribution in [-0.4, -0.2) is 17.1 Å². The number of ether oxygens (including phenoxy) is 1. The first-order valence-electron chi connectivity index (χ1n) is 6.87. The summed E-state index contributed by atoms with van der Waals surface area (Å²) in [4.78, 5) is 12.1. The van der Waals surface area contributed by atoms with Gasteiger partial charge in [0.1, 0.15) is 5.75 Å². The molecular formula is C17H19NO3. The number of para-hydroxylation sites is 1. The Morgan fingerprint density at radius 2 is 1.81 bits per heavy atom. The van der Waals surface area contributed by atoms with Crippen LogP contribution in [0.25, 0.3) is 0 Å². The summed E-state index contributed by atoms with van der Waals surface area (Å²) in [6.45, 7) is 3.37. The summed E-state index contributed by atoms with van der Waals surface area (Å²) in [7, 11) is 0. The highest BCUT2D eigenvalue weighted by molar-refractivity contribution is 5.94. The maximum atomic E-state index is 12.1. The van der Waals surface area contributed by atoms with E-state index >= 15 is 0 Å². The number of hydrogen-bond donors (Lipinski definition) is 2. The van der Waals surface area contributed by atoms with Gasteiger partial charge in [-0.1, -0.05) is 30.3 Å². The van der Waals surface area contributed by atoms with Crippen molar-refractivity contribution >= 4 is 11.6 Å². The van der Waals surface area contributed by atoms with Crippen LogP contribution in [0.2, 0.25) is 0 Å². The number of amides is 1. The summed E-state index contributed by atoms with van der Waals surface area (Å²) in [5.74, 6) is 0.341. The van der Waals surface area contributed by atoms with Gasteiger partial charge < -0.3 is 15.2 Å². The van der Waals surface area contributed by atoms with Crippen molar-refractivity contribution in [1.82, 2.24) is 0 Å². The Morgan fingerprint density at radius 1 is 1.10 bits per heavy atom. The molecular weight excluding hydrogens is 266 g/mol. The Labute approximate surface area is 124 Å². The minimum Gasteiger partial charge on any atom is -0.481 e. The van der Waals surface area contributed by atoms with Crippen LogP contribution in [0.3, 0.4) is 0 Å². The molecule has 0 saturated heterocycles. The van der Waals surface area contributed by atoms with Crippen LogP contribution in [-0.2, 0) is 4.79 Å². The molecule has 0 bridgehead atoms. The molecule has 2 aromatic carbocycles. The predicted octanol–water partition coefficient (Wildman–Crippen LogP) is 3.15. The van der Waals surface area contributed by atoms with E-state index in [9.17, 15) is 9.90 Å². The zero-order valence-corrected chi connectivity index (χ0v) is 12.1. The molecule has 0 aliphatic heterocycles. The molecule has 2 N–H and O–H groups in total. The maximum Gasteiger partial charge on any atom is 0.265 e. The van der Waals surface area contributed by atoms with Crippen molar-refractivity contribution < 1.29 is 14.6 Å². The number of anilines is 1. The fraction of sp³-hybridized carbons (Fsp3) is 0.235. The quantitative estimate of drug-likeness (QED) is 0.887. The third-order valence-corrected chi connectivity index (χ3v) is 3.06. The second-order valence-corrected chi connectivity index (χ2v) is 4.86. The van der Waals surface area contributed by atoms with Crippen molar-refractivity contribution in [3.05, 3.63) is 60.2 Å². The van der Waals surface area contributed by atoms with E-state index in [0.29, 0.717) is 5.75 Å². The Kier molecular flexibility index (Phi) is 4.95. The molecule has 0 saturated carbocycles. The molecule has 0 fully saturated rings. The third kappa shape index (κ3) is 4.33. The van der Waals surface area contributed by atoms with Gasteiger partial charge in [0.05, 0.1) is 6.10 Å². The Balaban J connectivity index is 1.99. The smallest absolute Gasteiger partial charge is 0.265 e. The second kappa shape index (κ2) is 6.90. The maximum absolute atomic E-state index is 12.1. The van der Waals surface area contributed by atoms with Crippen molar-refractivity contribution in [3.8, 4) is 5.75 Å². The average molecular weight is 285 g/mol. The molecule has 0 aromatic heterocycles. The second-order valence-electron chi connectivity index (χ2n) is 4.86. The van der Waals surface area contributed by atoms with E-state index in [1.165, 1.54) is 0 Å². The zero-order valence-electron chi connectivity index (χ0n) is 12.1. The largest absolute Gasteiger partial charge is 0.481 e. The van der Waals surface area contributed by atoms with Crippen molar-refractivity contribution in [2.75, 3.05) is 5.32 Å². The van der Waals surface area contributed by atoms with E-state index in [-0.39, 0.29) is 5.91 Å². The SMILES string of the molecule is CC(Oc1cccc([C@@H](C)O)c1)C(=O)Nc1ccccc1. The molecule has 2 rings (SSSR count). The lowest BCUT2D eigenvalue weighted by Crippen LogP contribution is -2.30.